The number of hydrogen-bond acceptors (Lipinski definition) is 3. The topological polar surface area (TPSA) is 56.2 Å². The van der Waals surface area contributed by atoms with Crippen LogP contribution in [0.2, 0.25) is 10.0 Å². The number of hydrogen-bond donors (Lipinski definition) is 1. The Balaban J connectivity index is 1.59. The number of aromatic nitrogens is 2. The molecule has 1 aromatic heterocycles. The van der Waals surface area contributed by atoms with Crippen LogP contribution in [0.25, 0.3) is 11.0 Å². The van der Waals surface area contributed by atoms with Gasteiger partial charge in [0, 0.05) is 0 Å². The van der Waals surface area contributed by atoms with Gasteiger partial charge in [0.15, 0.2) is 0 Å². The quantitative estimate of drug-likeness (QED) is 0.439. The second kappa shape index (κ2) is 8.55. The first kappa shape index (κ1) is 19.3. The molecule has 0 saturated heterocycles. The maximum atomic E-state index is 12.7. The van der Waals surface area contributed by atoms with Crippen molar-refractivity contribution < 1.29 is 9.53 Å². The van der Waals surface area contributed by atoms with Crippen molar-refractivity contribution in [3.05, 3.63) is 88.7 Å². The number of rotatable bonds is 6. The molecule has 7 heteroatoms. The molecule has 5 nitrogen and oxygen atoms in total. The van der Waals surface area contributed by atoms with Crippen molar-refractivity contribution >= 4 is 45.8 Å². The third-order valence-electron chi connectivity index (χ3n) is 4.38. The van der Waals surface area contributed by atoms with Crippen LogP contribution in [-0.2, 0) is 17.9 Å². The van der Waals surface area contributed by atoms with Crippen LogP contribution in [0.4, 0.5) is 5.69 Å². The number of fused-ring (bicyclic) bond motifs is 1. The first-order valence-corrected chi connectivity index (χ1v) is 9.73. The van der Waals surface area contributed by atoms with Crippen LogP contribution in [0.1, 0.15) is 5.82 Å². The summed E-state index contributed by atoms with van der Waals surface area (Å²) >= 11 is 12.3. The van der Waals surface area contributed by atoms with Crippen LogP contribution < -0.4 is 10.1 Å². The Labute approximate surface area is 177 Å². The first-order valence-electron chi connectivity index (χ1n) is 8.97. The molecule has 0 spiro atoms. The van der Waals surface area contributed by atoms with E-state index in [1.807, 2.05) is 53.1 Å². The third kappa shape index (κ3) is 4.36. The van der Waals surface area contributed by atoms with Crippen LogP contribution in [0.15, 0.2) is 72.8 Å². The maximum absolute atomic E-state index is 12.7. The average molecular weight is 426 g/mol. The summed E-state index contributed by atoms with van der Waals surface area (Å²) in [4.78, 5) is 17.3. The summed E-state index contributed by atoms with van der Waals surface area (Å²) in [7, 11) is 0. The zero-order chi connectivity index (χ0) is 20.2. The zero-order valence-electron chi connectivity index (χ0n) is 15.3. The molecule has 4 aromatic rings. The van der Waals surface area contributed by atoms with Gasteiger partial charge in [-0.05, 0) is 36.4 Å². The van der Waals surface area contributed by atoms with Crippen LogP contribution in [0.3, 0.4) is 0 Å². The second-order valence-electron chi connectivity index (χ2n) is 6.35. The summed E-state index contributed by atoms with van der Waals surface area (Å²) < 4.78 is 7.68. The number of ether oxygens (including phenoxy) is 1. The molecule has 0 aliphatic carbocycles. The molecule has 1 heterocycles. The van der Waals surface area contributed by atoms with Crippen molar-refractivity contribution in [1.29, 1.82) is 0 Å². The summed E-state index contributed by atoms with van der Waals surface area (Å²) in [6, 6.07) is 22.0. The lowest BCUT2D eigenvalue weighted by molar-refractivity contribution is -0.116. The van der Waals surface area contributed by atoms with Gasteiger partial charge in [-0.25, -0.2) is 4.98 Å². The summed E-state index contributed by atoms with van der Waals surface area (Å²) in [6.45, 7) is 0.255. The van der Waals surface area contributed by atoms with Crippen molar-refractivity contribution in [1.82, 2.24) is 9.55 Å². The van der Waals surface area contributed by atoms with E-state index >= 15 is 0 Å². The molecule has 146 valence electrons. The molecule has 0 unspecified atom stereocenters. The van der Waals surface area contributed by atoms with E-state index in [4.69, 9.17) is 27.9 Å². The fourth-order valence-corrected chi connectivity index (χ4v) is 3.39. The SMILES string of the molecule is O=C(Cn1c(COc2ccccc2Cl)nc2ccccc21)Nc1ccccc1Cl. The van der Waals surface area contributed by atoms with E-state index in [1.54, 1.807) is 24.3 Å². The number of anilines is 1. The minimum Gasteiger partial charge on any atom is -0.484 e. The highest BCUT2D eigenvalue weighted by Crippen LogP contribution is 2.25. The minimum absolute atomic E-state index is 0.0763. The van der Waals surface area contributed by atoms with Gasteiger partial charge in [-0.1, -0.05) is 59.6 Å². The molecule has 3 aromatic carbocycles. The molecule has 1 amide bonds. The van der Waals surface area contributed by atoms with Crippen molar-refractivity contribution in [3.8, 4) is 5.75 Å². The molecule has 0 saturated carbocycles. The fraction of sp³-hybridized carbons (Fsp3) is 0.0909. The zero-order valence-corrected chi connectivity index (χ0v) is 16.8. The number of imidazole rings is 1. The van der Waals surface area contributed by atoms with Gasteiger partial charge in [0.25, 0.3) is 0 Å². The minimum atomic E-state index is -0.208. The molecule has 0 aliphatic heterocycles. The summed E-state index contributed by atoms with van der Waals surface area (Å²) in [5, 5.41) is 3.85. The van der Waals surface area contributed by atoms with E-state index in [9.17, 15) is 4.79 Å². The van der Waals surface area contributed by atoms with Gasteiger partial charge in [0.1, 0.15) is 24.7 Å². The maximum Gasteiger partial charge on any atom is 0.244 e. The monoisotopic (exact) mass is 425 g/mol. The molecule has 0 aliphatic rings. The summed E-state index contributed by atoms with van der Waals surface area (Å²) in [6.07, 6.45) is 0. The molecular weight excluding hydrogens is 409 g/mol. The van der Waals surface area contributed by atoms with E-state index in [1.165, 1.54) is 0 Å². The molecule has 0 bridgehead atoms. The Morgan fingerprint density at radius 1 is 0.931 bits per heavy atom. The smallest absolute Gasteiger partial charge is 0.244 e. The lowest BCUT2D eigenvalue weighted by Crippen LogP contribution is -2.21. The van der Waals surface area contributed by atoms with Gasteiger partial charge >= 0.3 is 0 Å². The van der Waals surface area contributed by atoms with E-state index in [0.717, 1.165) is 11.0 Å². The molecule has 0 fully saturated rings. The predicted octanol–water partition coefficient (Wildman–Crippen LogP) is 5.56. The van der Waals surface area contributed by atoms with Crippen LogP contribution in [0.5, 0.6) is 5.75 Å². The lowest BCUT2D eigenvalue weighted by Gasteiger charge is -2.12. The average Bonchev–Trinajstić information content (AvgIpc) is 3.06. The van der Waals surface area contributed by atoms with Crippen LogP contribution in [0, 0.1) is 0 Å². The molecule has 29 heavy (non-hydrogen) atoms. The Hall–Kier alpha value is -3.02. The predicted molar refractivity (Wildman–Crippen MR) is 116 cm³/mol. The number of nitrogens with zero attached hydrogens (tertiary/aromatic N) is 2. The van der Waals surface area contributed by atoms with Gasteiger partial charge in [-0.15, -0.1) is 0 Å². The molecular formula is C22H17Cl2N3O2. The molecule has 4 rings (SSSR count). The molecule has 1 N–H and O–H groups in total. The third-order valence-corrected chi connectivity index (χ3v) is 5.02. The number of para-hydroxylation sites is 4. The van der Waals surface area contributed by atoms with Gasteiger partial charge in [-0.3, -0.25) is 4.79 Å². The van der Waals surface area contributed by atoms with E-state index in [2.05, 4.69) is 10.3 Å². The fourth-order valence-electron chi connectivity index (χ4n) is 3.01. The number of halogens is 2. The highest BCUT2D eigenvalue weighted by atomic mass is 35.5. The largest absolute Gasteiger partial charge is 0.484 e. The molecule has 0 atom stereocenters. The number of carbonyl (C=O) groups is 1. The number of carbonyl (C=O) groups excluding carboxylic acids is 1. The van der Waals surface area contributed by atoms with Gasteiger partial charge < -0.3 is 14.6 Å². The van der Waals surface area contributed by atoms with E-state index in [-0.39, 0.29) is 19.1 Å². The van der Waals surface area contributed by atoms with Gasteiger partial charge in [0.05, 0.1) is 26.8 Å². The van der Waals surface area contributed by atoms with Crippen molar-refractivity contribution in [3.63, 3.8) is 0 Å². The summed E-state index contributed by atoms with van der Waals surface area (Å²) in [5.74, 6) is 0.981. The Morgan fingerprint density at radius 2 is 1.62 bits per heavy atom. The molecule has 0 radical (unpaired) electrons. The number of amides is 1. The number of benzene rings is 3. The van der Waals surface area contributed by atoms with E-state index < -0.39 is 0 Å². The standard InChI is InChI=1S/C22H17Cl2N3O2/c23-15-7-1-3-9-17(15)26-22(28)13-27-19-11-5-4-10-18(19)25-21(27)14-29-20-12-6-2-8-16(20)24/h1-12H,13-14H2,(H,26,28). The normalized spacial score (nSPS) is 10.8. The Kier molecular flexibility index (Phi) is 5.69. The van der Waals surface area contributed by atoms with Crippen LogP contribution in [-0.4, -0.2) is 15.5 Å². The van der Waals surface area contributed by atoms with Crippen LogP contribution >= 0.6 is 23.2 Å². The highest BCUT2D eigenvalue weighted by molar-refractivity contribution is 6.33. The first-order chi connectivity index (χ1) is 14.1. The van der Waals surface area contributed by atoms with Crippen molar-refractivity contribution in [2.24, 2.45) is 0 Å². The summed E-state index contributed by atoms with van der Waals surface area (Å²) in [5.41, 5.74) is 2.20. The van der Waals surface area contributed by atoms with Gasteiger partial charge in [0.2, 0.25) is 5.91 Å². The van der Waals surface area contributed by atoms with Crippen molar-refractivity contribution in [2.45, 2.75) is 13.2 Å². The highest BCUT2D eigenvalue weighted by Gasteiger charge is 2.15. The lowest BCUT2D eigenvalue weighted by atomic mass is 10.3. The van der Waals surface area contributed by atoms with Crippen molar-refractivity contribution in [2.75, 3.05) is 5.32 Å². The Morgan fingerprint density at radius 3 is 2.41 bits per heavy atom. The number of nitrogens with one attached hydrogen (secondary N) is 1. The van der Waals surface area contributed by atoms with E-state index in [0.29, 0.717) is 27.3 Å². The van der Waals surface area contributed by atoms with Gasteiger partial charge in [-0.2, -0.15) is 0 Å². The second-order valence-corrected chi connectivity index (χ2v) is 7.16. The Bertz CT molecular complexity index is 1170.